The quantitative estimate of drug-likeness (QED) is 0.132. The summed E-state index contributed by atoms with van der Waals surface area (Å²) in [5, 5.41) is -0.0978. The molecule has 0 radical (unpaired) electrons. The predicted octanol–water partition coefficient (Wildman–Crippen LogP) is 8.67. The van der Waals surface area contributed by atoms with E-state index in [0.717, 1.165) is 25.5 Å². The molecule has 0 saturated heterocycles. The number of hydrogen-bond acceptors (Lipinski definition) is 5. The molecular formula is C29H50ClFO5S. The van der Waals surface area contributed by atoms with E-state index in [0.29, 0.717) is 36.0 Å². The van der Waals surface area contributed by atoms with E-state index in [1.807, 2.05) is 6.92 Å². The molecule has 0 bridgehead atoms. The predicted molar refractivity (Wildman–Crippen MR) is 152 cm³/mol. The van der Waals surface area contributed by atoms with Gasteiger partial charge in [-0.1, -0.05) is 91.7 Å². The second-order valence-corrected chi connectivity index (χ2v) is 13.6. The highest BCUT2D eigenvalue weighted by Crippen LogP contribution is 2.42. The minimum atomic E-state index is -3.88. The first-order valence-corrected chi connectivity index (χ1v) is 15.9. The van der Waals surface area contributed by atoms with Crippen LogP contribution in [0.25, 0.3) is 0 Å². The number of unbranched alkanes of at least 4 members (excludes halogenated alkanes) is 6. The summed E-state index contributed by atoms with van der Waals surface area (Å²) in [4.78, 5) is 0. The summed E-state index contributed by atoms with van der Waals surface area (Å²) >= 11 is 6.11. The lowest BCUT2D eigenvalue weighted by molar-refractivity contribution is 0.0481. The summed E-state index contributed by atoms with van der Waals surface area (Å²) in [6, 6.07) is 1.51. The largest absolute Gasteiger partial charge is 0.493 e. The number of halogens is 2. The SMILES string of the molecule is CCOc1c(CC)cc(Cl)c(F)c1C(COCCCCCCCCCC(C)(C)C(C)(C)C)OS(C)(=O)=O. The van der Waals surface area contributed by atoms with Gasteiger partial charge in [-0.2, -0.15) is 8.42 Å². The molecule has 0 N–H and O–H groups in total. The molecule has 216 valence electrons. The van der Waals surface area contributed by atoms with Gasteiger partial charge < -0.3 is 9.47 Å². The Kier molecular flexibility index (Phi) is 14.4. The maximum absolute atomic E-state index is 15.1. The van der Waals surface area contributed by atoms with Gasteiger partial charge in [0.15, 0.2) is 5.82 Å². The normalized spacial score (nSPS) is 13.7. The van der Waals surface area contributed by atoms with E-state index < -0.39 is 22.0 Å². The fourth-order valence-corrected chi connectivity index (χ4v) is 4.95. The molecule has 1 atom stereocenters. The number of ether oxygens (including phenoxy) is 2. The van der Waals surface area contributed by atoms with Gasteiger partial charge in [0.1, 0.15) is 11.9 Å². The summed E-state index contributed by atoms with van der Waals surface area (Å²) in [7, 11) is -3.88. The zero-order valence-corrected chi connectivity index (χ0v) is 25.9. The second kappa shape index (κ2) is 15.6. The lowest BCUT2D eigenvalue weighted by atomic mass is 9.67. The fraction of sp³-hybridized carbons (Fsp3) is 0.793. The molecule has 1 aromatic rings. The lowest BCUT2D eigenvalue weighted by Gasteiger charge is -2.39. The van der Waals surface area contributed by atoms with Crippen LogP contribution in [0.5, 0.6) is 5.75 Å². The highest BCUT2D eigenvalue weighted by molar-refractivity contribution is 7.86. The minimum absolute atomic E-state index is 0.00809. The molecule has 1 rings (SSSR count). The Labute approximate surface area is 230 Å². The van der Waals surface area contributed by atoms with Gasteiger partial charge in [-0.3, -0.25) is 4.18 Å². The van der Waals surface area contributed by atoms with Gasteiger partial charge in [0, 0.05) is 6.61 Å². The Bertz CT molecular complexity index is 925. The molecular weight excluding hydrogens is 515 g/mol. The third kappa shape index (κ3) is 11.8. The van der Waals surface area contributed by atoms with Crippen molar-refractivity contribution >= 4 is 21.7 Å². The van der Waals surface area contributed by atoms with Crippen molar-refractivity contribution in [2.45, 2.75) is 112 Å². The zero-order chi connectivity index (χ0) is 28.3. The molecule has 0 fully saturated rings. The van der Waals surface area contributed by atoms with Crippen molar-refractivity contribution in [1.82, 2.24) is 0 Å². The molecule has 0 heterocycles. The second-order valence-electron chi connectivity index (χ2n) is 11.6. The van der Waals surface area contributed by atoms with Crippen LogP contribution in [0.15, 0.2) is 6.07 Å². The standard InChI is InChI=1S/C29H50ClFO5S/c1-9-22-20-23(30)26(31)25(27(22)35-10-2)24(36-37(8,32)33)21-34-19-17-15-13-11-12-14-16-18-29(6,7)28(3,4)5/h20,24H,9-19,21H2,1-8H3. The van der Waals surface area contributed by atoms with E-state index in [1.165, 1.54) is 38.2 Å². The minimum Gasteiger partial charge on any atom is -0.493 e. The molecule has 0 saturated carbocycles. The van der Waals surface area contributed by atoms with Crippen LogP contribution in [0.4, 0.5) is 4.39 Å². The van der Waals surface area contributed by atoms with E-state index >= 15 is 4.39 Å². The first-order chi connectivity index (χ1) is 17.1. The molecule has 37 heavy (non-hydrogen) atoms. The third-order valence-electron chi connectivity index (χ3n) is 7.46. The van der Waals surface area contributed by atoms with Crippen LogP contribution in [0.1, 0.15) is 117 Å². The van der Waals surface area contributed by atoms with E-state index in [-0.39, 0.29) is 22.9 Å². The van der Waals surface area contributed by atoms with Gasteiger partial charge in [0.25, 0.3) is 10.1 Å². The molecule has 5 nitrogen and oxygen atoms in total. The van der Waals surface area contributed by atoms with Crippen molar-refractivity contribution in [1.29, 1.82) is 0 Å². The average Bonchev–Trinajstić information content (AvgIpc) is 2.77. The molecule has 0 amide bonds. The number of rotatable bonds is 18. The zero-order valence-electron chi connectivity index (χ0n) is 24.3. The van der Waals surface area contributed by atoms with Crippen molar-refractivity contribution in [3.05, 3.63) is 28.0 Å². The van der Waals surface area contributed by atoms with Crippen molar-refractivity contribution in [3.8, 4) is 5.75 Å². The Morgan fingerprint density at radius 1 is 0.973 bits per heavy atom. The van der Waals surface area contributed by atoms with Gasteiger partial charge in [-0.15, -0.1) is 0 Å². The average molecular weight is 565 g/mol. The van der Waals surface area contributed by atoms with Gasteiger partial charge in [-0.05, 0) is 48.6 Å². The lowest BCUT2D eigenvalue weighted by Crippen LogP contribution is -2.29. The van der Waals surface area contributed by atoms with E-state index in [2.05, 4.69) is 34.6 Å². The van der Waals surface area contributed by atoms with Crippen LogP contribution in [0, 0.1) is 16.6 Å². The monoisotopic (exact) mass is 564 g/mol. The Hall–Kier alpha value is -0.890. The van der Waals surface area contributed by atoms with E-state index in [9.17, 15) is 8.42 Å². The third-order valence-corrected chi connectivity index (χ3v) is 8.31. The van der Waals surface area contributed by atoms with Gasteiger partial charge in [0.05, 0.1) is 30.1 Å². The highest BCUT2D eigenvalue weighted by Gasteiger charge is 2.32. The Balaban J connectivity index is 2.57. The Morgan fingerprint density at radius 3 is 2.05 bits per heavy atom. The molecule has 0 aliphatic carbocycles. The summed E-state index contributed by atoms with van der Waals surface area (Å²) in [6.45, 7) is 16.0. The number of hydrogen-bond donors (Lipinski definition) is 0. The fourth-order valence-electron chi connectivity index (χ4n) is 4.14. The smallest absolute Gasteiger partial charge is 0.265 e. The van der Waals surface area contributed by atoms with Crippen molar-refractivity contribution in [2.75, 3.05) is 26.1 Å². The Morgan fingerprint density at radius 2 is 1.54 bits per heavy atom. The summed E-state index contributed by atoms with van der Waals surface area (Å²) in [5.74, 6) is -0.472. The molecule has 0 aliphatic heterocycles. The first kappa shape index (κ1) is 34.1. The van der Waals surface area contributed by atoms with Crippen molar-refractivity contribution < 1.29 is 26.5 Å². The van der Waals surface area contributed by atoms with Crippen LogP contribution in [0.3, 0.4) is 0 Å². The van der Waals surface area contributed by atoms with Crippen LogP contribution in [-0.4, -0.2) is 34.5 Å². The highest BCUT2D eigenvalue weighted by atomic mass is 35.5. The summed E-state index contributed by atoms with van der Waals surface area (Å²) < 4.78 is 55.7. The molecule has 0 spiro atoms. The first-order valence-electron chi connectivity index (χ1n) is 13.7. The van der Waals surface area contributed by atoms with E-state index in [4.69, 9.17) is 25.3 Å². The maximum atomic E-state index is 15.1. The summed E-state index contributed by atoms with van der Waals surface area (Å²) in [6.07, 6.45) is 9.51. The van der Waals surface area contributed by atoms with Crippen LogP contribution in [0.2, 0.25) is 5.02 Å². The number of benzene rings is 1. The molecule has 0 aromatic heterocycles. The van der Waals surface area contributed by atoms with Gasteiger partial charge in [0.2, 0.25) is 0 Å². The topological polar surface area (TPSA) is 61.8 Å². The van der Waals surface area contributed by atoms with Gasteiger partial charge in [-0.25, -0.2) is 4.39 Å². The number of aryl methyl sites for hydroxylation is 1. The van der Waals surface area contributed by atoms with Crippen LogP contribution < -0.4 is 4.74 Å². The summed E-state index contributed by atoms with van der Waals surface area (Å²) in [5.41, 5.74) is 1.34. The molecule has 1 aromatic carbocycles. The van der Waals surface area contributed by atoms with Crippen molar-refractivity contribution in [3.63, 3.8) is 0 Å². The van der Waals surface area contributed by atoms with Gasteiger partial charge >= 0.3 is 0 Å². The van der Waals surface area contributed by atoms with Crippen LogP contribution >= 0.6 is 11.6 Å². The van der Waals surface area contributed by atoms with E-state index in [1.54, 1.807) is 6.92 Å². The van der Waals surface area contributed by atoms with Crippen molar-refractivity contribution in [2.24, 2.45) is 10.8 Å². The maximum Gasteiger partial charge on any atom is 0.265 e. The molecule has 8 heteroatoms. The van der Waals surface area contributed by atoms with Crippen LogP contribution in [-0.2, 0) is 25.5 Å². The molecule has 1 unspecified atom stereocenters. The molecule has 0 aliphatic rings.